The molecule has 0 saturated carbocycles. The molecule has 6 nitrogen and oxygen atoms in total. The summed E-state index contributed by atoms with van der Waals surface area (Å²) in [5.41, 5.74) is -2.98. The average molecular weight is 302 g/mol. The molecule has 1 rings (SSSR count). The molecule has 0 radical (unpaired) electrons. The van der Waals surface area contributed by atoms with E-state index in [1.807, 2.05) is 0 Å². The van der Waals surface area contributed by atoms with Gasteiger partial charge in [-0.2, -0.15) is 18.4 Å². The number of carbonyl (C=O) groups excluding carboxylic acids is 1. The number of nitro groups is 1. The van der Waals surface area contributed by atoms with E-state index in [-0.39, 0.29) is 12.2 Å². The van der Waals surface area contributed by atoms with Crippen molar-refractivity contribution in [1.82, 2.24) is 0 Å². The van der Waals surface area contributed by atoms with E-state index in [9.17, 15) is 28.1 Å². The van der Waals surface area contributed by atoms with Gasteiger partial charge in [0.05, 0.1) is 17.6 Å². The predicted octanol–water partition coefficient (Wildman–Crippen LogP) is 2.78. The minimum atomic E-state index is -4.98. The Kier molecular flexibility index (Phi) is 4.86. The van der Waals surface area contributed by atoms with Gasteiger partial charge in [0, 0.05) is 6.07 Å². The molecule has 1 atom stereocenters. The van der Waals surface area contributed by atoms with Crippen molar-refractivity contribution in [2.45, 2.75) is 19.0 Å². The summed E-state index contributed by atoms with van der Waals surface area (Å²) in [7, 11) is 0. The van der Waals surface area contributed by atoms with E-state index in [1.165, 1.54) is 13.0 Å². The van der Waals surface area contributed by atoms with Crippen molar-refractivity contribution in [3.8, 4) is 6.07 Å². The standard InChI is InChI=1S/C12H9F3N2O4/c1-2-21-11(18)8(6-16)7-3-4-10(17(19)20)9(5-7)12(13,14)15/h3-5,8H,2H2,1H3. The van der Waals surface area contributed by atoms with Gasteiger partial charge in [0.15, 0.2) is 5.92 Å². The van der Waals surface area contributed by atoms with Crippen LogP contribution in [-0.2, 0) is 15.7 Å². The Balaban J connectivity index is 3.37. The van der Waals surface area contributed by atoms with Gasteiger partial charge in [-0.05, 0) is 18.6 Å². The lowest BCUT2D eigenvalue weighted by Crippen LogP contribution is -2.16. The second-order valence-corrected chi connectivity index (χ2v) is 3.85. The van der Waals surface area contributed by atoms with E-state index in [1.54, 1.807) is 0 Å². The third-order valence-electron chi connectivity index (χ3n) is 2.51. The van der Waals surface area contributed by atoms with Crippen LogP contribution in [-0.4, -0.2) is 17.5 Å². The summed E-state index contributed by atoms with van der Waals surface area (Å²) in [5.74, 6) is -2.59. The molecule has 0 aliphatic rings. The van der Waals surface area contributed by atoms with E-state index in [0.717, 1.165) is 6.07 Å². The Labute approximate surface area is 116 Å². The lowest BCUT2D eigenvalue weighted by Gasteiger charge is -2.12. The number of alkyl halides is 3. The van der Waals surface area contributed by atoms with Gasteiger partial charge >= 0.3 is 12.1 Å². The van der Waals surface area contributed by atoms with Crippen LogP contribution < -0.4 is 0 Å². The van der Waals surface area contributed by atoms with Gasteiger partial charge in [0.25, 0.3) is 5.69 Å². The molecule has 0 aromatic heterocycles. The van der Waals surface area contributed by atoms with Crippen LogP contribution in [0.5, 0.6) is 0 Å². The highest BCUT2D eigenvalue weighted by molar-refractivity contribution is 5.81. The second-order valence-electron chi connectivity index (χ2n) is 3.85. The molecule has 0 aliphatic carbocycles. The third-order valence-corrected chi connectivity index (χ3v) is 2.51. The number of carbonyl (C=O) groups is 1. The van der Waals surface area contributed by atoms with Gasteiger partial charge < -0.3 is 4.74 Å². The molecule has 0 amide bonds. The number of nitrogens with zero attached hydrogens (tertiary/aromatic N) is 2. The average Bonchev–Trinajstić information content (AvgIpc) is 2.38. The first-order valence-corrected chi connectivity index (χ1v) is 5.64. The molecule has 1 aromatic carbocycles. The zero-order valence-electron chi connectivity index (χ0n) is 10.7. The van der Waals surface area contributed by atoms with Crippen molar-refractivity contribution in [1.29, 1.82) is 5.26 Å². The first-order valence-electron chi connectivity index (χ1n) is 5.64. The maximum absolute atomic E-state index is 12.8. The van der Waals surface area contributed by atoms with Crippen molar-refractivity contribution in [2.75, 3.05) is 6.61 Å². The summed E-state index contributed by atoms with van der Waals surface area (Å²) in [6, 6.07) is 3.48. The Morgan fingerprint density at radius 2 is 2.14 bits per heavy atom. The van der Waals surface area contributed by atoms with Crippen molar-refractivity contribution in [3.63, 3.8) is 0 Å². The van der Waals surface area contributed by atoms with Crippen LogP contribution in [0.2, 0.25) is 0 Å². The van der Waals surface area contributed by atoms with Crippen LogP contribution in [0.1, 0.15) is 24.0 Å². The van der Waals surface area contributed by atoms with E-state index in [4.69, 9.17) is 5.26 Å². The lowest BCUT2D eigenvalue weighted by atomic mass is 9.97. The predicted molar refractivity (Wildman–Crippen MR) is 63.1 cm³/mol. The molecule has 1 aromatic rings. The van der Waals surface area contributed by atoms with Gasteiger partial charge in [0.2, 0.25) is 0 Å². The molecule has 9 heteroatoms. The van der Waals surface area contributed by atoms with Crippen molar-refractivity contribution < 1.29 is 27.6 Å². The number of nitriles is 1. The van der Waals surface area contributed by atoms with Crippen LogP contribution >= 0.6 is 0 Å². The highest BCUT2D eigenvalue weighted by atomic mass is 19.4. The molecular weight excluding hydrogens is 293 g/mol. The molecule has 0 heterocycles. The molecule has 0 aliphatic heterocycles. The Morgan fingerprint density at radius 1 is 1.52 bits per heavy atom. The normalized spacial score (nSPS) is 12.3. The van der Waals surface area contributed by atoms with Gasteiger partial charge in [-0.3, -0.25) is 14.9 Å². The quantitative estimate of drug-likeness (QED) is 0.484. The summed E-state index contributed by atoms with van der Waals surface area (Å²) >= 11 is 0. The minimum Gasteiger partial charge on any atom is -0.465 e. The summed E-state index contributed by atoms with van der Waals surface area (Å²) in [6.07, 6.45) is -4.98. The molecule has 0 saturated heterocycles. The fraction of sp³-hybridized carbons (Fsp3) is 0.333. The monoisotopic (exact) mass is 302 g/mol. The van der Waals surface area contributed by atoms with Crippen molar-refractivity contribution in [3.05, 3.63) is 39.4 Å². The number of hydrogen-bond acceptors (Lipinski definition) is 5. The first-order chi connectivity index (χ1) is 9.72. The number of hydrogen-bond donors (Lipinski definition) is 0. The molecule has 1 unspecified atom stereocenters. The number of esters is 1. The van der Waals surface area contributed by atoms with Crippen LogP contribution in [0, 0.1) is 21.4 Å². The Bertz CT molecular complexity index is 608. The smallest absolute Gasteiger partial charge is 0.423 e. The molecule has 0 spiro atoms. The Hall–Kier alpha value is -2.63. The second kappa shape index (κ2) is 6.21. The van der Waals surface area contributed by atoms with Crippen molar-refractivity contribution in [2.24, 2.45) is 0 Å². The summed E-state index contributed by atoms with van der Waals surface area (Å²) in [5, 5.41) is 19.5. The van der Waals surface area contributed by atoms with Crippen LogP contribution in [0.15, 0.2) is 18.2 Å². The molecule has 0 bridgehead atoms. The lowest BCUT2D eigenvalue weighted by molar-refractivity contribution is -0.388. The molecule has 0 fully saturated rings. The highest BCUT2D eigenvalue weighted by Gasteiger charge is 2.39. The van der Waals surface area contributed by atoms with Crippen LogP contribution in [0.4, 0.5) is 18.9 Å². The van der Waals surface area contributed by atoms with Gasteiger partial charge in [-0.1, -0.05) is 6.07 Å². The van der Waals surface area contributed by atoms with Crippen LogP contribution in [0.25, 0.3) is 0 Å². The first kappa shape index (κ1) is 16.4. The molecule has 0 N–H and O–H groups in total. The van der Waals surface area contributed by atoms with Gasteiger partial charge in [-0.25, -0.2) is 0 Å². The summed E-state index contributed by atoms with van der Waals surface area (Å²) in [4.78, 5) is 20.9. The zero-order chi connectivity index (χ0) is 16.2. The minimum absolute atomic E-state index is 0.0455. The number of nitro benzene ring substituents is 1. The molecule has 112 valence electrons. The third kappa shape index (κ3) is 3.68. The SMILES string of the molecule is CCOC(=O)C(C#N)c1ccc([N+](=O)[O-])c(C(F)(F)F)c1. The fourth-order valence-electron chi connectivity index (χ4n) is 1.61. The fourth-order valence-corrected chi connectivity index (χ4v) is 1.61. The molecular formula is C12H9F3N2O4. The van der Waals surface area contributed by atoms with Crippen LogP contribution in [0.3, 0.4) is 0 Å². The maximum atomic E-state index is 12.8. The van der Waals surface area contributed by atoms with Gasteiger partial charge in [0.1, 0.15) is 5.56 Å². The number of halogens is 3. The van der Waals surface area contributed by atoms with Crippen molar-refractivity contribution >= 4 is 11.7 Å². The number of ether oxygens (including phenoxy) is 1. The van der Waals surface area contributed by atoms with Gasteiger partial charge in [-0.15, -0.1) is 0 Å². The summed E-state index contributed by atoms with van der Waals surface area (Å²) in [6.45, 7) is 1.43. The number of rotatable bonds is 4. The summed E-state index contributed by atoms with van der Waals surface area (Å²) < 4.78 is 43.0. The topological polar surface area (TPSA) is 93.2 Å². The zero-order valence-corrected chi connectivity index (χ0v) is 10.7. The van der Waals surface area contributed by atoms with E-state index < -0.39 is 34.2 Å². The van der Waals surface area contributed by atoms with E-state index in [0.29, 0.717) is 12.1 Å². The Morgan fingerprint density at radius 3 is 2.57 bits per heavy atom. The maximum Gasteiger partial charge on any atom is 0.423 e. The molecule has 21 heavy (non-hydrogen) atoms. The largest absolute Gasteiger partial charge is 0.465 e. The van der Waals surface area contributed by atoms with E-state index >= 15 is 0 Å². The number of benzene rings is 1. The highest BCUT2D eigenvalue weighted by Crippen LogP contribution is 2.37. The van der Waals surface area contributed by atoms with E-state index in [2.05, 4.69) is 4.74 Å².